The van der Waals surface area contributed by atoms with Crippen molar-refractivity contribution >= 4 is 73.2 Å². The molecule has 1 aromatic carbocycles. The van der Waals surface area contributed by atoms with Gasteiger partial charge in [-0.1, -0.05) is 29.4 Å². The Balaban J connectivity index is 1.83. The molecule has 2 aromatic heterocycles. The molecule has 188 valence electrons. The van der Waals surface area contributed by atoms with E-state index in [-0.39, 0.29) is 5.91 Å². The van der Waals surface area contributed by atoms with Crippen LogP contribution >= 0.6 is 27.3 Å². The Bertz CT molecular complexity index is 1390. The Hall–Kier alpha value is -3.44. The first kappa shape index (κ1) is 25.6. The van der Waals surface area contributed by atoms with Crippen molar-refractivity contribution in [3.63, 3.8) is 0 Å². The number of aliphatic imine (C=N–C) groups is 1. The number of thiophene rings is 1. The molecular weight excluding hydrogens is 544 g/mol. The minimum Gasteiger partial charge on any atom is -0.477 e. The third-order valence-corrected chi connectivity index (χ3v) is 7.41. The predicted octanol–water partition coefficient (Wildman–Crippen LogP) is 5.01. The summed E-state index contributed by atoms with van der Waals surface area (Å²) in [5.74, 6) is 0.329. The number of halogens is 1. The van der Waals surface area contributed by atoms with Crippen molar-refractivity contribution < 1.29 is 14.3 Å². The van der Waals surface area contributed by atoms with Crippen LogP contribution in [0.4, 0.5) is 11.6 Å². The standard InChI is InChI=1S/C25H27BrN6O3S/c1-4-21(33)29-18-11-20-23(34)31-25-30-17-8-7-15(26)10-19(17)32(25)13-14(2)6-5-9-35-24(28-3)16(12-27)22(18)36-20/h4,7-8,10-12,14H,1,5-6,9,13,27H2,2-3H3,(H,29,33)(H,30,31,34)/t14-/m1/s1. The molecule has 3 aromatic rings. The first-order valence-corrected chi connectivity index (χ1v) is 13.0. The van der Waals surface area contributed by atoms with Gasteiger partial charge in [-0.3, -0.25) is 19.9 Å². The molecule has 11 heteroatoms. The number of hydrogen-bond donors (Lipinski definition) is 3. The van der Waals surface area contributed by atoms with E-state index in [0.29, 0.717) is 51.9 Å². The maximum atomic E-state index is 13.4. The lowest BCUT2D eigenvalue weighted by Gasteiger charge is -2.16. The number of ether oxygens (including phenoxy) is 1. The molecule has 1 atom stereocenters. The van der Waals surface area contributed by atoms with E-state index in [0.717, 1.165) is 34.4 Å². The van der Waals surface area contributed by atoms with E-state index in [9.17, 15) is 9.59 Å². The number of benzene rings is 1. The Morgan fingerprint density at radius 2 is 2.25 bits per heavy atom. The topological polar surface area (TPSA) is 124 Å². The molecule has 36 heavy (non-hydrogen) atoms. The zero-order chi connectivity index (χ0) is 25.8. The van der Waals surface area contributed by atoms with Crippen molar-refractivity contribution in [3.05, 3.63) is 57.3 Å². The van der Waals surface area contributed by atoms with Gasteiger partial charge >= 0.3 is 0 Å². The van der Waals surface area contributed by atoms with Gasteiger partial charge in [-0.25, -0.2) is 4.98 Å². The first-order chi connectivity index (χ1) is 17.3. The fourth-order valence-electron chi connectivity index (χ4n) is 4.03. The van der Waals surface area contributed by atoms with Gasteiger partial charge in [0, 0.05) is 24.3 Å². The zero-order valence-corrected chi connectivity index (χ0v) is 22.4. The molecule has 1 aliphatic heterocycles. The lowest BCUT2D eigenvalue weighted by Crippen LogP contribution is -2.17. The highest BCUT2D eigenvalue weighted by Crippen LogP contribution is 2.35. The SMILES string of the molecule is C=CC(=O)Nc1cc2sc1C(=CN)C(=NC)OCCC[C@@H](C)Cn1c(nc3ccc(Br)cc31)NC2=O. The van der Waals surface area contributed by atoms with Crippen molar-refractivity contribution in [2.45, 2.75) is 26.3 Å². The number of nitrogens with zero attached hydrogens (tertiary/aromatic N) is 3. The predicted molar refractivity (Wildman–Crippen MR) is 148 cm³/mol. The fourth-order valence-corrected chi connectivity index (χ4v) is 5.40. The van der Waals surface area contributed by atoms with Gasteiger partial charge < -0.3 is 20.4 Å². The smallest absolute Gasteiger partial charge is 0.268 e. The number of hydrogen-bond acceptors (Lipinski definition) is 7. The van der Waals surface area contributed by atoms with Gasteiger partial charge in [0.15, 0.2) is 0 Å². The molecule has 9 nitrogen and oxygen atoms in total. The second-order valence-electron chi connectivity index (χ2n) is 8.38. The van der Waals surface area contributed by atoms with Crippen molar-refractivity contribution in [2.24, 2.45) is 16.6 Å². The number of rotatable bonds is 2. The fraction of sp³-hybridized carbons (Fsp3) is 0.280. The maximum Gasteiger partial charge on any atom is 0.268 e. The minimum atomic E-state index is -0.413. The summed E-state index contributed by atoms with van der Waals surface area (Å²) in [5, 5.41) is 5.73. The van der Waals surface area contributed by atoms with Crippen molar-refractivity contribution in [1.29, 1.82) is 0 Å². The summed E-state index contributed by atoms with van der Waals surface area (Å²) in [6, 6.07) is 7.44. The Morgan fingerprint density at radius 3 is 2.97 bits per heavy atom. The van der Waals surface area contributed by atoms with E-state index in [4.69, 9.17) is 10.5 Å². The molecule has 4 rings (SSSR count). The van der Waals surface area contributed by atoms with E-state index in [2.05, 4.69) is 50.0 Å². The van der Waals surface area contributed by atoms with Crippen LogP contribution < -0.4 is 16.4 Å². The molecule has 2 bridgehead atoms. The van der Waals surface area contributed by atoms with Gasteiger partial charge in [0.1, 0.15) is 0 Å². The molecule has 4 N–H and O–H groups in total. The zero-order valence-electron chi connectivity index (χ0n) is 20.0. The van der Waals surface area contributed by atoms with Crippen LogP contribution in [0.5, 0.6) is 0 Å². The van der Waals surface area contributed by atoms with Crippen molar-refractivity contribution in [1.82, 2.24) is 9.55 Å². The van der Waals surface area contributed by atoms with E-state index in [1.165, 1.54) is 17.5 Å². The summed E-state index contributed by atoms with van der Waals surface area (Å²) in [4.78, 5) is 35.4. The first-order valence-electron chi connectivity index (χ1n) is 11.4. The monoisotopic (exact) mass is 570 g/mol. The normalized spacial score (nSPS) is 19.2. The molecule has 0 saturated carbocycles. The molecule has 0 saturated heterocycles. The summed E-state index contributed by atoms with van der Waals surface area (Å²) < 4.78 is 8.95. The van der Waals surface area contributed by atoms with Gasteiger partial charge in [-0.2, -0.15) is 0 Å². The average Bonchev–Trinajstić information content (AvgIpc) is 3.41. The Kier molecular flexibility index (Phi) is 7.90. The number of nitrogens with two attached hydrogens (primary N) is 1. The number of amides is 2. The van der Waals surface area contributed by atoms with Gasteiger partial charge in [0.25, 0.3) is 5.91 Å². The molecule has 3 heterocycles. The number of fused-ring (bicyclic) bond motifs is 5. The van der Waals surface area contributed by atoms with Crippen LogP contribution in [0.1, 0.15) is 34.3 Å². The van der Waals surface area contributed by atoms with E-state index in [1.807, 2.05) is 22.8 Å². The molecule has 0 aliphatic carbocycles. The molecule has 0 spiro atoms. The van der Waals surface area contributed by atoms with Crippen molar-refractivity contribution in [2.75, 3.05) is 24.3 Å². The summed E-state index contributed by atoms with van der Waals surface area (Å²) in [6.45, 7) is 6.78. The molecule has 0 fully saturated rings. The van der Waals surface area contributed by atoms with Gasteiger partial charge in [-0.05, 0) is 49.1 Å². The van der Waals surface area contributed by atoms with Gasteiger partial charge in [-0.15, -0.1) is 11.3 Å². The molecule has 0 radical (unpaired) electrons. The van der Waals surface area contributed by atoms with E-state index < -0.39 is 5.91 Å². The van der Waals surface area contributed by atoms with Crippen LogP contribution in [0.2, 0.25) is 0 Å². The second-order valence-corrected chi connectivity index (χ2v) is 10.4. The van der Waals surface area contributed by atoms with Crippen LogP contribution in [-0.2, 0) is 16.1 Å². The van der Waals surface area contributed by atoms with Crippen molar-refractivity contribution in [3.8, 4) is 0 Å². The Labute approximate surface area is 221 Å². The van der Waals surface area contributed by atoms with Crippen LogP contribution in [0.15, 0.2) is 52.6 Å². The third kappa shape index (κ3) is 5.36. The van der Waals surface area contributed by atoms with Gasteiger partial charge in [0.2, 0.25) is 17.8 Å². The lowest BCUT2D eigenvalue weighted by molar-refractivity contribution is -0.111. The summed E-state index contributed by atoms with van der Waals surface area (Å²) in [5.41, 5.74) is 8.58. The molecular formula is C25H27BrN6O3S. The minimum absolute atomic E-state index is 0.297. The van der Waals surface area contributed by atoms with E-state index >= 15 is 0 Å². The number of nitrogens with one attached hydrogen (secondary N) is 2. The lowest BCUT2D eigenvalue weighted by atomic mass is 10.1. The second kappa shape index (κ2) is 11.1. The highest BCUT2D eigenvalue weighted by Gasteiger charge is 2.24. The molecule has 0 unspecified atom stereocenters. The van der Waals surface area contributed by atoms with Crippen LogP contribution in [0.3, 0.4) is 0 Å². The maximum absolute atomic E-state index is 13.4. The van der Waals surface area contributed by atoms with Crippen LogP contribution in [-0.4, -0.2) is 40.9 Å². The van der Waals surface area contributed by atoms with E-state index in [1.54, 1.807) is 13.1 Å². The highest BCUT2D eigenvalue weighted by atomic mass is 79.9. The number of anilines is 2. The number of carbonyl (C=O) groups excluding carboxylic acids is 2. The largest absolute Gasteiger partial charge is 0.477 e. The van der Waals surface area contributed by atoms with Gasteiger partial charge in [0.05, 0.1) is 38.7 Å². The van der Waals surface area contributed by atoms with Crippen LogP contribution in [0, 0.1) is 5.92 Å². The third-order valence-electron chi connectivity index (χ3n) is 5.75. The highest BCUT2D eigenvalue weighted by molar-refractivity contribution is 9.10. The summed E-state index contributed by atoms with van der Waals surface area (Å²) in [6.07, 6.45) is 4.22. The number of imidazole rings is 1. The number of carbonyl (C=O) groups is 2. The molecule has 1 aliphatic rings. The Morgan fingerprint density at radius 1 is 1.44 bits per heavy atom. The van der Waals surface area contributed by atoms with Crippen LogP contribution in [0.25, 0.3) is 16.6 Å². The average molecular weight is 572 g/mol. The molecule has 2 amide bonds. The number of aromatic nitrogens is 2. The summed E-state index contributed by atoms with van der Waals surface area (Å²) >= 11 is 4.71. The summed E-state index contributed by atoms with van der Waals surface area (Å²) in [7, 11) is 1.61. The quantitative estimate of drug-likeness (QED) is 0.373.